The number of hydrogen-bond acceptors (Lipinski definition) is 3. The number of ether oxygens (including phenoxy) is 1. The van der Waals surface area contributed by atoms with Crippen LogP contribution < -0.4 is 4.74 Å². The maximum absolute atomic E-state index is 10.2. The lowest BCUT2D eigenvalue weighted by Crippen LogP contribution is -2.01. The fraction of sp³-hybridized carbons (Fsp3) is 0.231. The average molecular weight is 234 g/mol. The van der Waals surface area contributed by atoms with E-state index < -0.39 is 6.10 Å². The Morgan fingerprint density at radius 2 is 2.12 bits per heavy atom. The first-order valence-electron chi connectivity index (χ1n) is 5.07. The molecule has 0 fully saturated rings. The van der Waals surface area contributed by atoms with Gasteiger partial charge in [-0.25, -0.2) is 0 Å². The summed E-state index contributed by atoms with van der Waals surface area (Å²) >= 11 is 1.58. The number of methoxy groups -OCH3 is 1. The van der Waals surface area contributed by atoms with Gasteiger partial charge in [-0.1, -0.05) is 11.6 Å². The molecule has 0 radical (unpaired) electrons. The summed E-state index contributed by atoms with van der Waals surface area (Å²) in [6, 6.07) is 7.75. The molecule has 16 heavy (non-hydrogen) atoms. The highest BCUT2D eigenvalue weighted by atomic mass is 32.1. The van der Waals surface area contributed by atoms with E-state index in [0.29, 0.717) is 0 Å². The molecule has 1 aromatic heterocycles. The van der Waals surface area contributed by atoms with Crippen LogP contribution in [0.3, 0.4) is 0 Å². The van der Waals surface area contributed by atoms with Gasteiger partial charge in [0.1, 0.15) is 11.9 Å². The summed E-state index contributed by atoms with van der Waals surface area (Å²) in [7, 11) is 1.62. The Hall–Kier alpha value is -1.32. The zero-order valence-corrected chi connectivity index (χ0v) is 10.1. The van der Waals surface area contributed by atoms with E-state index in [1.54, 1.807) is 18.4 Å². The van der Waals surface area contributed by atoms with Gasteiger partial charge in [0.25, 0.3) is 0 Å². The fourth-order valence-electron chi connectivity index (χ4n) is 1.68. The first-order chi connectivity index (χ1) is 7.72. The SMILES string of the molecule is COc1ccc(C)cc1[C@@H](O)c1ccsc1. The second-order valence-corrected chi connectivity index (χ2v) is 4.48. The molecule has 0 saturated carbocycles. The van der Waals surface area contributed by atoms with Crippen molar-refractivity contribution in [1.29, 1.82) is 0 Å². The van der Waals surface area contributed by atoms with Crippen LogP contribution in [-0.4, -0.2) is 12.2 Å². The third-order valence-corrected chi connectivity index (χ3v) is 3.24. The van der Waals surface area contributed by atoms with Gasteiger partial charge in [-0.05, 0) is 41.4 Å². The molecule has 0 amide bonds. The van der Waals surface area contributed by atoms with Gasteiger partial charge in [-0.3, -0.25) is 0 Å². The van der Waals surface area contributed by atoms with Gasteiger partial charge in [0, 0.05) is 5.56 Å². The van der Waals surface area contributed by atoms with Gasteiger partial charge in [0.15, 0.2) is 0 Å². The third-order valence-electron chi connectivity index (χ3n) is 2.54. The molecule has 2 nitrogen and oxygen atoms in total. The zero-order valence-electron chi connectivity index (χ0n) is 9.31. The number of hydrogen-bond donors (Lipinski definition) is 1. The van der Waals surface area contributed by atoms with Crippen LogP contribution in [0.1, 0.15) is 22.8 Å². The van der Waals surface area contributed by atoms with E-state index in [0.717, 1.165) is 22.4 Å². The molecular formula is C13H14O2S. The van der Waals surface area contributed by atoms with Crippen molar-refractivity contribution in [2.45, 2.75) is 13.0 Å². The number of aliphatic hydroxyl groups is 1. The Kier molecular flexibility index (Phi) is 3.27. The highest BCUT2D eigenvalue weighted by molar-refractivity contribution is 7.07. The van der Waals surface area contributed by atoms with Crippen molar-refractivity contribution in [3.8, 4) is 5.75 Å². The molecule has 0 unspecified atom stereocenters. The Morgan fingerprint density at radius 1 is 1.31 bits per heavy atom. The van der Waals surface area contributed by atoms with Crippen molar-refractivity contribution in [2.75, 3.05) is 7.11 Å². The summed E-state index contributed by atoms with van der Waals surface area (Å²) in [4.78, 5) is 0. The van der Waals surface area contributed by atoms with Crippen LogP contribution in [0.15, 0.2) is 35.0 Å². The molecule has 2 aromatic rings. The minimum Gasteiger partial charge on any atom is -0.496 e. The van der Waals surface area contributed by atoms with E-state index >= 15 is 0 Å². The molecule has 0 saturated heterocycles. The smallest absolute Gasteiger partial charge is 0.125 e. The van der Waals surface area contributed by atoms with Gasteiger partial charge in [0.05, 0.1) is 7.11 Å². The van der Waals surface area contributed by atoms with Crippen molar-refractivity contribution in [3.63, 3.8) is 0 Å². The molecule has 0 aliphatic heterocycles. The second kappa shape index (κ2) is 4.68. The summed E-state index contributed by atoms with van der Waals surface area (Å²) in [5.41, 5.74) is 2.85. The van der Waals surface area contributed by atoms with Crippen molar-refractivity contribution in [3.05, 3.63) is 51.7 Å². The molecule has 3 heteroatoms. The number of benzene rings is 1. The summed E-state index contributed by atoms with van der Waals surface area (Å²) in [5, 5.41) is 14.2. The molecule has 84 valence electrons. The minimum absolute atomic E-state index is 0.610. The first kappa shape index (κ1) is 11.2. The van der Waals surface area contributed by atoms with E-state index in [4.69, 9.17) is 4.74 Å². The molecule has 1 aromatic carbocycles. The van der Waals surface area contributed by atoms with E-state index in [2.05, 4.69) is 0 Å². The van der Waals surface area contributed by atoms with Crippen molar-refractivity contribution >= 4 is 11.3 Å². The predicted octanol–water partition coefficient (Wildman–Crippen LogP) is 3.15. The van der Waals surface area contributed by atoms with Crippen LogP contribution in [0.5, 0.6) is 5.75 Å². The summed E-state index contributed by atoms with van der Waals surface area (Å²) < 4.78 is 5.26. The van der Waals surface area contributed by atoms with Crippen LogP contribution in [0, 0.1) is 6.92 Å². The second-order valence-electron chi connectivity index (χ2n) is 3.70. The highest BCUT2D eigenvalue weighted by Crippen LogP contribution is 2.31. The maximum atomic E-state index is 10.2. The molecular weight excluding hydrogens is 220 g/mol. The Balaban J connectivity index is 2.42. The van der Waals surface area contributed by atoms with E-state index in [9.17, 15) is 5.11 Å². The van der Waals surface area contributed by atoms with Crippen molar-refractivity contribution in [2.24, 2.45) is 0 Å². The normalized spacial score (nSPS) is 12.4. The van der Waals surface area contributed by atoms with Gasteiger partial charge in [0.2, 0.25) is 0 Å². The van der Waals surface area contributed by atoms with Crippen LogP contribution in [0.2, 0.25) is 0 Å². The molecule has 1 heterocycles. The monoisotopic (exact) mass is 234 g/mol. The number of rotatable bonds is 3. The quantitative estimate of drug-likeness (QED) is 0.884. The van der Waals surface area contributed by atoms with Crippen LogP contribution in [0.4, 0.5) is 0 Å². The summed E-state index contributed by atoms with van der Waals surface area (Å²) in [6.45, 7) is 2.00. The van der Waals surface area contributed by atoms with E-state index in [-0.39, 0.29) is 0 Å². The molecule has 0 aliphatic rings. The lowest BCUT2D eigenvalue weighted by molar-refractivity contribution is 0.215. The van der Waals surface area contributed by atoms with Crippen LogP contribution in [0.25, 0.3) is 0 Å². The molecule has 2 rings (SSSR count). The number of aliphatic hydroxyl groups excluding tert-OH is 1. The molecule has 0 spiro atoms. The lowest BCUT2D eigenvalue weighted by atomic mass is 10.0. The van der Waals surface area contributed by atoms with Gasteiger partial charge >= 0.3 is 0 Å². The third kappa shape index (κ3) is 2.10. The Bertz CT molecular complexity index is 463. The molecule has 0 aliphatic carbocycles. The molecule has 0 bridgehead atoms. The fourth-order valence-corrected chi connectivity index (χ4v) is 2.36. The minimum atomic E-state index is -0.610. The number of thiophene rings is 1. The number of aryl methyl sites for hydroxylation is 1. The average Bonchev–Trinajstić information content (AvgIpc) is 2.81. The Morgan fingerprint density at radius 3 is 2.75 bits per heavy atom. The van der Waals surface area contributed by atoms with Gasteiger partial charge in [-0.15, -0.1) is 0 Å². The van der Waals surface area contributed by atoms with Crippen LogP contribution in [-0.2, 0) is 0 Å². The van der Waals surface area contributed by atoms with E-state index in [1.165, 1.54) is 0 Å². The maximum Gasteiger partial charge on any atom is 0.125 e. The highest BCUT2D eigenvalue weighted by Gasteiger charge is 2.15. The van der Waals surface area contributed by atoms with Gasteiger partial charge < -0.3 is 9.84 Å². The lowest BCUT2D eigenvalue weighted by Gasteiger charge is -2.14. The first-order valence-corrected chi connectivity index (χ1v) is 6.01. The summed E-state index contributed by atoms with van der Waals surface area (Å²) in [5.74, 6) is 0.726. The van der Waals surface area contributed by atoms with Crippen molar-refractivity contribution < 1.29 is 9.84 Å². The van der Waals surface area contributed by atoms with Crippen molar-refractivity contribution in [1.82, 2.24) is 0 Å². The van der Waals surface area contributed by atoms with Gasteiger partial charge in [-0.2, -0.15) is 11.3 Å². The standard InChI is InChI=1S/C13H14O2S/c1-9-3-4-12(15-2)11(7-9)13(14)10-5-6-16-8-10/h3-8,13-14H,1-2H3/t13-/m0/s1. The zero-order chi connectivity index (χ0) is 11.5. The topological polar surface area (TPSA) is 29.5 Å². The van der Waals surface area contributed by atoms with Crippen LogP contribution >= 0.6 is 11.3 Å². The molecule has 1 atom stereocenters. The Labute approximate surface area is 99.1 Å². The summed E-state index contributed by atoms with van der Waals surface area (Å²) in [6.07, 6.45) is -0.610. The predicted molar refractivity (Wildman–Crippen MR) is 66.1 cm³/mol. The largest absolute Gasteiger partial charge is 0.496 e. The molecule has 1 N–H and O–H groups in total. The van der Waals surface area contributed by atoms with E-state index in [1.807, 2.05) is 41.9 Å².